The van der Waals surface area contributed by atoms with Crippen molar-refractivity contribution in [2.24, 2.45) is 0 Å². The zero-order valence-corrected chi connectivity index (χ0v) is 19.8. The van der Waals surface area contributed by atoms with Crippen molar-refractivity contribution in [3.63, 3.8) is 0 Å². The van der Waals surface area contributed by atoms with Crippen molar-refractivity contribution < 1.29 is 19.5 Å². The molecule has 0 atom stereocenters. The molecule has 7 nitrogen and oxygen atoms in total. The largest absolute Gasteiger partial charge is 0.478 e. The number of aromatic amines is 1. The zero-order valence-electron chi connectivity index (χ0n) is 18.9. The van der Waals surface area contributed by atoms with Crippen LogP contribution in [-0.4, -0.2) is 33.6 Å². The topological polar surface area (TPSA) is 111 Å². The first-order valence-electron chi connectivity index (χ1n) is 11.1. The Hall–Kier alpha value is -4.56. The standard InChI is InChI=1S/C28H21N3O4S/c32-25(30-20-11-10-17-12-13-29-24(17)15-20)16-36-21-7-3-6-19(14-21)31-27(33)22-8-1-4-18-5-2-9-23(26(18)22)28(34)35/h1-15,29H,16H2,(H,30,32)(H,31,33)(H,34,35). The summed E-state index contributed by atoms with van der Waals surface area (Å²) in [5.74, 6) is -1.44. The van der Waals surface area contributed by atoms with E-state index in [0.29, 0.717) is 22.1 Å². The highest BCUT2D eigenvalue weighted by Gasteiger charge is 2.17. The van der Waals surface area contributed by atoms with E-state index in [1.807, 2.05) is 36.5 Å². The minimum absolute atomic E-state index is 0.0731. The number of carbonyl (C=O) groups excluding carboxylic acids is 2. The number of benzene rings is 4. The van der Waals surface area contributed by atoms with Gasteiger partial charge in [-0.05, 0) is 59.3 Å². The predicted molar refractivity (Wildman–Crippen MR) is 143 cm³/mol. The average molecular weight is 496 g/mol. The van der Waals surface area contributed by atoms with Crippen molar-refractivity contribution >= 4 is 62.6 Å². The van der Waals surface area contributed by atoms with E-state index < -0.39 is 11.9 Å². The number of aromatic nitrogens is 1. The highest BCUT2D eigenvalue weighted by Crippen LogP contribution is 2.26. The van der Waals surface area contributed by atoms with E-state index in [4.69, 9.17) is 0 Å². The van der Waals surface area contributed by atoms with Gasteiger partial charge in [0.05, 0.1) is 11.3 Å². The Morgan fingerprint density at radius 2 is 1.53 bits per heavy atom. The summed E-state index contributed by atoms with van der Waals surface area (Å²) in [7, 11) is 0. The normalized spacial score (nSPS) is 10.9. The number of carbonyl (C=O) groups is 3. The molecule has 8 heteroatoms. The fourth-order valence-corrected chi connectivity index (χ4v) is 4.80. The molecule has 4 N–H and O–H groups in total. The Kier molecular flexibility index (Phi) is 6.42. The molecule has 1 heterocycles. The van der Waals surface area contributed by atoms with Crippen LogP contribution in [0.2, 0.25) is 0 Å². The van der Waals surface area contributed by atoms with Crippen molar-refractivity contribution in [3.8, 4) is 0 Å². The van der Waals surface area contributed by atoms with E-state index in [0.717, 1.165) is 15.8 Å². The molecule has 4 aromatic carbocycles. The summed E-state index contributed by atoms with van der Waals surface area (Å²) in [6, 6.07) is 24.9. The minimum Gasteiger partial charge on any atom is -0.478 e. The fraction of sp³-hybridized carbons (Fsp3) is 0.0357. The first-order chi connectivity index (χ1) is 17.5. The number of amides is 2. The Labute approximate surface area is 210 Å². The van der Waals surface area contributed by atoms with Gasteiger partial charge in [0.2, 0.25) is 5.91 Å². The van der Waals surface area contributed by atoms with E-state index >= 15 is 0 Å². The third kappa shape index (κ3) is 4.94. The lowest BCUT2D eigenvalue weighted by molar-refractivity contribution is -0.113. The van der Waals surface area contributed by atoms with Crippen LogP contribution in [0, 0.1) is 0 Å². The van der Waals surface area contributed by atoms with Crippen molar-refractivity contribution in [3.05, 3.63) is 102 Å². The first kappa shape index (κ1) is 23.2. The van der Waals surface area contributed by atoms with Crippen molar-refractivity contribution in [1.82, 2.24) is 4.98 Å². The summed E-state index contributed by atoms with van der Waals surface area (Å²) in [4.78, 5) is 41.2. The monoisotopic (exact) mass is 495 g/mol. The van der Waals surface area contributed by atoms with Gasteiger partial charge in [0.25, 0.3) is 5.91 Å². The van der Waals surface area contributed by atoms with Gasteiger partial charge in [-0.1, -0.05) is 36.4 Å². The van der Waals surface area contributed by atoms with Gasteiger partial charge in [-0.15, -0.1) is 11.8 Å². The molecule has 0 saturated heterocycles. The highest BCUT2D eigenvalue weighted by molar-refractivity contribution is 8.00. The van der Waals surface area contributed by atoms with Gasteiger partial charge >= 0.3 is 5.97 Å². The van der Waals surface area contributed by atoms with Gasteiger partial charge in [-0.2, -0.15) is 0 Å². The molecule has 0 bridgehead atoms. The number of hydrogen-bond donors (Lipinski definition) is 4. The number of nitrogens with one attached hydrogen (secondary N) is 3. The summed E-state index contributed by atoms with van der Waals surface area (Å²) in [5, 5.41) is 17.5. The van der Waals surface area contributed by atoms with Crippen LogP contribution < -0.4 is 10.6 Å². The lowest BCUT2D eigenvalue weighted by atomic mass is 9.98. The summed E-state index contributed by atoms with van der Waals surface area (Å²) < 4.78 is 0. The number of hydrogen-bond acceptors (Lipinski definition) is 4. The summed E-state index contributed by atoms with van der Waals surface area (Å²) >= 11 is 1.35. The number of aromatic carboxylic acids is 1. The van der Waals surface area contributed by atoms with Crippen LogP contribution in [0.3, 0.4) is 0 Å². The molecule has 0 spiro atoms. The van der Waals surface area contributed by atoms with E-state index in [-0.39, 0.29) is 22.8 Å². The number of rotatable bonds is 7. The molecular formula is C28H21N3O4S. The molecule has 0 saturated carbocycles. The minimum atomic E-state index is -1.09. The van der Waals surface area contributed by atoms with Crippen molar-refractivity contribution in [1.29, 1.82) is 0 Å². The van der Waals surface area contributed by atoms with E-state index in [2.05, 4.69) is 15.6 Å². The second-order valence-electron chi connectivity index (χ2n) is 8.11. The Bertz CT molecular complexity index is 1620. The summed E-state index contributed by atoms with van der Waals surface area (Å²) in [5.41, 5.74) is 2.57. The molecule has 0 aliphatic carbocycles. The summed E-state index contributed by atoms with van der Waals surface area (Å²) in [6.07, 6.45) is 1.85. The Morgan fingerprint density at radius 3 is 2.33 bits per heavy atom. The predicted octanol–water partition coefficient (Wildman–Crippen LogP) is 6.00. The van der Waals surface area contributed by atoms with Crippen molar-refractivity contribution in [2.45, 2.75) is 4.90 Å². The molecule has 0 aliphatic rings. The molecule has 0 unspecified atom stereocenters. The summed E-state index contributed by atoms with van der Waals surface area (Å²) in [6.45, 7) is 0. The van der Waals surface area contributed by atoms with Crippen LogP contribution in [0.4, 0.5) is 11.4 Å². The number of anilines is 2. The SMILES string of the molecule is O=C(CSc1cccc(NC(=O)c2cccc3cccc(C(=O)O)c23)c1)Nc1ccc2cc[nH]c2c1. The van der Waals surface area contributed by atoms with Gasteiger partial charge in [0.1, 0.15) is 0 Å². The van der Waals surface area contributed by atoms with E-state index in [1.54, 1.807) is 48.5 Å². The second-order valence-corrected chi connectivity index (χ2v) is 9.16. The molecule has 2 amide bonds. The molecule has 5 rings (SSSR count). The second kappa shape index (κ2) is 9.97. The maximum atomic E-state index is 13.1. The quantitative estimate of drug-likeness (QED) is 0.207. The zero-order chi connectivity index (χ0) is 25.1. The smallest absolute Gasteiger partial charge is 0.336 e. The average Bonchev–Trinajstić information content (AvgIpc) is 3.35. The van der Waals surface area contributed by atoms with Gasteiger partial charge in [0.15, 0.2) is 0 Å². The molecule has 0 radical (unpaired) electrons. The van der Waals surface area contributed by atoms with Crippen molar-refractivity contribution in [2.75, 3.05) is 16.4 Å². The van der Waals surface area contributed by atoms with Gasteiger partial charge in [-0.25, -0.2) is 4.79 Å². The van der Waals surface area contributed by atoms with Gasteiger partial charge in [-0.3, -0.25) is 9.59 Å². The van der Waals surface area contributed by atoms with E-state index in [9.17, 15) is 19.5 Å². The number of carboxylic acid groups (broad SMARTS) is 1. The van der Waals surface area contributed by atoms with Crippen LogP contribution >= 0.6 is 11.8 Å². The third-order valence-corrected chi connectivity index (χ3v) is 6.67. The van der Waals surface area contributed by atoms with Crippen LogP contribution in [0.5, 0.6) is 0 Å². The third-order valence-electron chi connectivity index (χ3n) is 5.68. The molecule has 0 fully saturated rings. The highest BCUT2D eigenvalue weighted by atomic mass is 32.2. The molecule has 1 aromatic heterocycles. The molecule has 36 heavy (non-hydrogen) atoms. The molecule has 0 aliphatic heterocycles. The van der Waals surface area contributed by atoms with Crippen LogP contribution in [0.25, 0.3) is 21.7 Å². The molecule has 178 valence electrons. The molecule has 5 aromatic rings. The first-order valence-corrected chi connectivity index (χ1v) is 12.1. The fourth-order valence-electron chi connectivity index (χ4n) is 4.04. The van der Waals surface area contributed by atoms with Crippen LogP contribution in [0.1, 0.15) is 20.7 Å². The molecular weight excluding hydrogens is 474 g/mol. The lowest BCUT2D eigenvalue weighted by Crippen LogP contribution is -2.14. The number of carboxylic acids is 1. The number of fused-ring (bicyclic) bond motifs is 2. The number of thioether (sulfide) groups is 1. The van der Waals surface area contributed by atoms with Gasteiger partial charge in [0, 0.05) is 38.9 Å². The lowest BCUT2D eigenvalue weighted by Gasteiger charge is -2.11. The van der Waals surface area contributed by atoms with Gasteiger partial charge < -0.3 is 20.7 Å². The van der Waals surface area contributed by atoms with E-state index in [1.165, 1.54) is 17.8 Å². The maximum absolute atomic E-state index is 13.1. The maximum Gasteiger partial charge on any atom is 0.336 e. The Balaban J connectivity index is 1.26. The van der Waals surface area contributed by atoms with Crippen LogP contribution in [0.15, 0.2) is 96.0 Å². The Morgan fingerprint density at radius 1 is 0.778 bits per heavy atom. The number of H-pyrrole nitrogens is 1. The van der Waals surface area contributed by atoms with Crippen LogP contribution in [-0.2, 0) is 4.79 Å².